The Morgan fingerprint density at radius 1 is 1.05 bits per heavy atom. The van der Waals surface area contributed by atoms with Gasteiger partial charge in [-0.2, -0.15) is 18.6 Å². The topological polar surface area (TPSA) is 140 Å². The van der Waals surface area contributed by atoms with E-state index in [1.165, 1.54) is 19.2 Å². The van der Waals surface area contributed by atoms with Crippen molar-refractivity contribution in [1.82, 2.24) is 0 Å². The standard InChI is InChI=1S/C26H21Cl2N3O6S.Na/c1-3-15-18(11-12-21(22(15)27)38(34,35)36)30-31-24-16-8-5-4-7-14(16)13-17(25(24)32)26(33)29-19-9-6-10-20(37-2)23(19)28;/h4-13,32H,3H2,1-2H3,(H,29,33)(H,34,35,36);/q;+1/p-1. The maximum Gasteiger partial charge on any atom is 1.00 e. The molecule has 0 aliphatic heterocycles. The zero-order chi connectivity index (χ0) is 27.6. The predicted molar refractivity (Wildman–Crippen MR) is 144 cm³/mol. The van der Waals surface area contributed by atoms with E-state index >= 15 is 0 Å². The van der Waals surface area contributed by atoms with Crippen LogP contribution in [0.1, 0.15) is 22.8 Å². The van der Waals surface area contributed by atoms with Gasteiger partial charge in [-0.3, -0.25) is 9.35 Å². The van der Waals surface area contributed by atoms with E-state index in [2.05, 4.69) is 15.5 Å². The molecule has 0 fully saturated rings. The maximum absolute atomic E-state index is 13.4. The van der Waals surface area contributed by atoms with Crippen molar-refractivity contribution in [3.8, 4) is 11.5 Å². The Balaban J connectivity index is 0.00000420. The van der Waals surface area contributed by atoms with Crippen LogP contribution >= 0.6 is 23.2 Å². The van der Waals surface area contributed by atoms with E-state index in [0.717, 1.165) is 6.07 Å². The van der Waals surface area contributed by atoms with Crippen molar-refractivity contribution in [1.29, 1.82) is 0 Å². The van der Waals surface area contributed by atoms with Crippen molar-refractivity contribution in [3.63, 3.8) is 0 Å². The van der Waals surface area contributed by atoms with E-state index in [1.54, 1.807) is 49.4 Å². The fraction of sp³-hybridized carbons (Fsp3) is 0.115. The number of nitrogens with one attached hydrogen (secondary N) is 1. The van der Waals surface area contributed by atoms with Crippen LogP contribution in [-0.4, -0.2) is 26.0 Å². The van der Waals surface area contributed by atoms with Gasteiger partial charge in [0.05, 0.1) is 29.2 Å². The zero-order valence-corrected chi connectivity index (χ0v) is 25.4. The average molecular weight is 596 g/mol. The van der Waals surface area contributed by atoms with E-state index in [-0.39, 0.29) is 68.6 Å². The minimum absolute atomic E-state index is 0. The molecule has 196 valence electrons. The van der Waals surface area contributed by atoms with Crippen molar-refractivity contribution in [3.05, 3.63) is 81.8 Å². The van der Waals surface area contributed by atoms with Crippen LogP contribution in [0.3, 0.4) is 0 Å². The first-order valence-corrected chi connectivity index (χ1v) is 13.3. The Hall–Kier alpha value is -2.70. The van der Waals surface area contributed by atoms with Gasteiger partial charge in [-0.05, 0) is 47.7 Å². The summed E-state index contributed by atoms with van der Waals surface area (Å²) in [6, 6.07) is 15.6. The second kappa shape index (κ2) is 12.6. The quantitative estimate of drug-likeness (QED) is 0.189. The molecule has 2 N–H and O–H groups in total. The van der Waals surface area contributed by atoms with Gasteiger partial charge < -0.3 is 15.2 Å². The smallest absolute Gasteiger partial charge is 0.870 e. The summed E-state index contributed by atoms with van der Waals surface area (Å²) >= 11 is 12.5. The fourth-order valence-electron chi connectivity index (χ4n) is 3.85. The first-order valence-electron chi connectivity index (χ1n) is 11.1. The molecule has 0 aliphatic rings. The van der Waals surface area contributed by atoms with E-state index in [0.29, 0.717) is 22.1 Å². The number of azo groups is 1. The van der Waals surface area contributed by atoms with E-state index in [4.69, 9.17) is 27.9 Å². The molecule has 4 aromatic rings. The number of rotatable bonds is 7. The Morgan fingerprint density at radius 2 is 1.77 bits per heavy atom. The summed E-state index contributed by atoms with van der Waals surface area (Å²) in [5.74, 6) is -1.03. The van der Waals surface area contributed by atoms with Gasteiger partial charge >= 0.3 is 29.6 Å². The Kier molecular flexibility index (Phi) is 10.0. The second-order valence-electron chi connectivity index (χ2n) is 8.00. The Labute approximate surface area is 256 Å². The summed E-state index contributed by atoms with van der Waals surface area (Å²) < 4.78 is 37.8. The fourth-order valence-corrected chi connectivity index (χ4v) is 5.28. The molecule has 0 radical (unpaired) electrons. The zero-order valence-electron chi connectivity index (χ0n) is 21.0. The molecule has 0 heterocycles. The summed E-state index contributed by atoms with van der Waals surface area (Å²) in [4.78, 5) is 12.7. The summed E-state index contributed by atoms with van der Waals surface area (Å²) in [6.45, 7) is 1.72. The third kappa shape index (κ3) is 6.38. The van der Waals surface area contributed by atoms with Gasteiger partial charge in [-0.1, -0.05) is 66.2 Å². The Bertz CT molecular complexity index is 1710. The van der Waals surface area contributed by atoms with Crippen LogP contribution in [0.15, 0.2) is 75.8 Å². The molecule has 0 unspecified atom stereocenters. The molecule has 0 aromatic heterocycles. The van der Waals surface area contributed by atoms with Crippen molar-refractivity contribution in [2.24, 2.45) is 10.2 Å². The summed E-state index contributed by atoms with van der Waals surface area (Å²) in [5, 5.41) is 25.4. The van der Waals surface area contributed by atoms with Crippen LogP contribution in [-0.2, 0) is 16.5 Å². The molecule has 0 spiro atoms. The number of hydrogen-bond acceptors (Lipinski definition) is 7. The molecular formula is C26H20Cl2N3NaO6S. The molecule has 9 nitrogen and oxygen atoms in total. The van der Waals surface area contributed by atoms with E-state index < -0.39 is 26.7 Å². The normalized spacial score (nSPS) is 11.4. The van der Waals surface area contributed by atoms with Crippen molar-refractivity contribution >= 4 is 67.1 Å². The van der Waals surface area contributed by atoms with Crippen LogP contribution in [0.4, 0.5) is 17.1 Å². The minimum atomic E-state index is -4.55. The van der Waals surface area contributed by atoms with Gasteiger partial charge in [0.1, 0.15) is 15.7 Å². The number of halogens is 2. The summed E-state index contributed by atoms with van der Waals surface area (Å²) in [5.41, 5.74) is 0.484. The first-order chi connectivity index (χ1) is 18.1. The predicted octanol–water partition coefficient (Wildman–Crippen LogP) is 3.71. The maximum atomic E-state index is 13.4. The summed E-state index contributed by atoms with van der Waals surface area (Å²) in [6.07, 6.45) is 0.269. The number of carbonyl (C=O) groups excluding carboxylic acids is 1. The van der Waals surface area contributed by atoms with Gasteiger partial charge in [-0.15, -0.1) is 0 Å². The largest absolute Gasteiger partial charge is 1.00 e. The number of benzene rings is 4. The molecular weight excluding hydrogens is 576 g/mol. The van der Waals surface area contributed by atoms with Gasteiger partial charge in [0.2, 0.25) is 0 Å². The third-order valence-electron chi connectivity index (χ3n) is 5.72. The molecule has 0 aliphatic carbocycles. The molecule has 0 bridgehead atoms. The minimum Gasteiger partial charge on any atom is -0.870 e. The molecule has 4 rings (SSSR count). The molecule has 13 heteroatoms. The number of amides is 1. The molecule has 4 aromatic carbocycles. The van der Waals surface area contributed by atoms with Crippen LogP contribution in [0.25, 0.3) is 10.8 Å². The van der Waals surface area contributed by atoms with Crippen molar-refractivity contribution in [2.75, 3.05) is 12.4 Å². The van der Waals surface area contributed by atoms with Gasteiger partial charge in [0.15, 0.2) is 0 Å². The van der Waals surface area contributed by atoms with Gasteiger partial charge in [-0.25, -0.2) is 0 Å². The third-order valence-corrected chi connectivity index (χ3v) is 7.55. The molecule has 0 atom stereocenters. The van der Waals surface area contributed by atoms with Gasteiger partial charge in [0, 0.05) is 10.9 Å². The molecule has 39 heavy (non-hydrogen) atoms. The first kappa shape index (κ1) is 30.8. The van der Waals surface area contributed by atoms with Crippen LogP contribution in [0, 0.1) is 0 Å². The number of methoxy groups -OCH3 is 1. The van der Waals surface area contributed by atoms with Crippen LogP contribution in [0.2, 0.25) is 10.0 Å². The second-order valence-corrected chi connectivity index (χ2v) is 10.1. The molecule has 1 amide bonds. The van der Waals surface area contributed by atoms with E-state index in [1.807, 2.05) is 0 Å². The number of anilines is 1. The van der Waals surface area contributed by atoms with Crippen molar-refractivity contribution < 1.29 is 57.2 Å². The molecule has 0 saturated heterocycles. The number of fused-ring (bicyclic) bond motifs is 1. The number of ether oxygens (including phenoxy) is 1. The average Bonchev–Trinajstić information content (AvgIpc) is 2.88. The number of hydrogen-bond donors (Lipinski definition) is 2. The van der Waals surface area contributed by atoms with Crippen molar-refractivity contribution in [2.45, 2.75) is 18.2 Å². The van der Waals surface area contributed by atoms with E-state index in [9.17, 15) is 22.9 Å². The monoisotopic (exact) mass is 595 g/mol. The SMILES string of the molecule is CCc1c(N=Nc2c([O-])c(C(=O)Nc3cccc(OC)c3Cl)cc3ccccc23)ccc(S(=O)(=O)O)c1Cl.[Na+]. The van der Waals surface area contributed by atoms with Crippen LogP contribution in [0.5, 0.6) is 11.5 Å². The van der Waals surface area contributed by atoms with Gasteiger partial charge in [0.25, 0.3) is 16.0 Å². The number of nitrogens with zero attached hydrogens (tertiary/aromatic N) is 2. The molecule has 0 saturated carbocycles. The Morgan fingerprint density at radius 3 is 2.44 bits per heavy atom. The summed E-state index contributed by atoms with van der Waals surface area (Å²) in [7, 11) is -3.11. The number of carbonyl (C=O) groups is 1. The van der Waals surface area contributed by atoms with Crippen LogP contribution < -0.4 is 44.7 Å².